The molecule has 17 heavy (non-hydrogen) atoms. The van der Waals surface area contributed by atoms with Crippen LogP contribution in [0.15, 0.2) is 0 Å². The fourth-order valence-electron chi connectivity index (χ4n) is 3.03. The normalized spacial score (nSPS) is 27.7. The van der Waals surface area contributed by atoms with Crippen LogP contribution in [0.5, 0.6) is 0 Å². The molecule has 1 unspecified atom stereocenters. The number of hydrogen-bond acceptors (Lipinski definition) is 3. The van der Waals surface area contributed by atoms with Crippen LogP contribution in [0.2, 0.25) is 0 Å². The van der Waals surface area contributed by atoms with Gasteiger partial charge in [-0.2, -0.15) is 0 Å². The SMILES string of the molecule is CCN1CCCC(CN)(N(C)CC(C)C)CC1. The van der Waals surface area contributed by atoms with Crippen molar-refractivity contribution in [1.82, 2.24) is 9.80 Å². The third kappa shape index (κ3) is 3.94. The Bertz CT molecular complexity index is 218. The summed E-state index contributed by atoms with van der Waals surface area (Å²) in [5.74, 6) is 0.717. The summed E-state index contributed by atoms with van der Waals surface area (Å²) >= 11 is 0. The molecule has 0 aromatic heterocycles. The maximum atomic E-state index is 6.11. The lowest BCUT2D eigenvalue weighted by Crippen LogP contribution is -2.53. The van der Waals surface area contributed by atoms with Crippen LogP contribution in [0.4, 0.5) is 0 Å². The zero-order valence-electron chi connectivity index (χ0n) is 12.2. The molecular weight excluding hydrogens is 210 g/mol. The van der Waals surface area contributed by atoms with Crippen molar-refractivity contribution in [1.29, 1.82) is 0 Å². The maximum absolute atomic E-state index is 6.11. The van der Waals surface area contributed by atoms with Crippen LogP contribution < -0.4 is 5.73 Å². The Kier molecular flexibility index (Phi) is 5.90. The van der Waals surface area contributed by atoms with E-state index in [0.29, 0.717) is 5.92 Å². The number of rotatable bonds is 5. The van der Waals surface area contributed by atoms with E-state index in [-0.39, 0.29) is 5.54 Å². The predicted octanol–water partition coefficient (Wildman–Crippen LogP) is 1.78. The summed E-state index contributed by atoms with van der Waals surface area (Å²) < 4.78 is 0. The lowest BCUT2D eigenvalue weighted by atomic mass is 9.88. The molecule has 2 N–H and O–H groups in total. The molecule has 1 rings (SSSR count). The van der Waals surface area contributed by atoms with Gasteiger partial charge in [-0.3, -0.25) is 4.90 Å². The summed E-state index contributed by atoms with van der Waals surface area (Å²) in [7, 11) is 2.26. The summed E-state index contributed by atoms with van der Waals surface area (Å²) in [6, 6.07) is 0. The van der Waals surface area contributed by atoms with E-state index in [1.807, 2.05) is 0 Å². The van der Waals surface area contributed by atoms with Crippen molar-refractivity contribution in [3.8, 4) is 0 Å². The van der Waals surface area contributed by atoms with Crippen molar-refractivity contribution in [2.45, 2.75) is 45.6 Å². The van der Waals surface area contributed by atoms with Gasteiger partial charge in [-0.25, -0.2) is 0 Å². The van der Waals surface area contributed by atoms with Crippen molar-refractivity contribution in [2.24, 2.45) is 11.7 Å². The van der Waals surface area contributed by atoms with Crippen molar-refractivity contribution >= 4 is 0 Å². The molecule has 0 saturated carbocycles. The van der Waals surface area contributed by atoms with Gasteiger partial charge in [-0.05, 0) is 51.9 Å². The number of likely N-dealkylation sites (tertiary alicyclic amines) is 1. The van der Waals surface area contributed by atoms with E-state index in [2.05, 4.69) is 37.6 Å². The van der Waals surface area contributed by atoms with E-state index >= 15 is 0 Å². The molecule has 0 aromatic carbocycles. The van der Waals surface area contributed by atoms with Crippen LogP contribution in [0.25, 0.3) is 0 Å². The minimum atomic E-state index is 0.244. The van der Waals surface area contributed by atoms with Gasteiger partial charge in [0.15, 0.2) is 0 Å². The average Bonchev–Trinajstić information content (AvgIpc) is 2.50. The Balaban J connectivity index is 2.66. The van der Waals surface area contributed by atoms with Gasteiger partial charge in [0.25, 0.3) is 0 Å². The first-order valence-corrected chi connectivity index (χ1v) is 7.17. The first kappa shape index (κ1) is 14.9. The quantitative estimate of drug-likeness (QED) is 0.796. The Morgan fingerprint density at radius 3 is 2.53 bits per heavy atom. The minimum absolute atomic E-state index is 0.244. The zero-order chi connectivity index (χ0) is 12.9. The van der Waals surface area contributed by atoms with Crippen LogP contribution in [-0.2, 0) is 0 Å². The number of likely N-dealkylation sites (N-methyl/N-ethyl adjacent to an activating group) is 1. The summed E-state index contributed by atoms with van der Waals surface area (Å²) in [6.45, 7) is 12.4. The molecule has 1 atom stereocenters. The third-order valence-corrected chi connectivity index (χ3v) is 4.29. The fraction of sp³-hybridized carbons (Fsp3) is 1.00. The van der Waals surface area contributed by atoms with Gasteiger partial charge in [0.2, 0.25) is 0 Å². The van der Waals surface area contributed by atoms with Crippen molar-refractivity contribution in [3.63, 3.8) is 0 Å². The number of hydrogen-bond donors (Lipinski definition) is 1. The van der Waals surface area contributed by atoms with E-state index in [1.54, 1.807) is 0 Å². The van der Waals surface area contributed by atoms with Crippen molar-refractivity contribution in [2.75, 3.05) is 39.8 Å². The molecule has 0 aromatic rings. The summed E-state index contributed by atoms with van der Waals surface area (Å²) in [5, 5.41) is 0. The predicted molar refractivity (Wildman–Crippen MR) is 75.2 cm³/mol. The second kappa shape index (κ2) is 6.72. The van der Waals surface area contributed by atoms with Gasteiger partial charge in [-0.15, -0.1) is 0 Å². The molecular formula is C14H31N3. The Morgan fingerprint density at radius 2 is 2.00 bits per heavy atom. The molecule has 102 valence electrons. The lowest BCUT2D eigenvalue weighted by molar-refractivity contribution is 0.0944. The van der Waals surface area contributed by atoms with Crippen LogP contribution in [0, 0.1) is 5.92 Å². The monoisotopic (exact) mass is 241 g/mol. The van der Waals surface area contributed by atoms with Gasteiger partial charge in [0.1, 0.15) is 0 Å². The number of nitrogens with zero attached hydrogens (tertiary/aromatic N) is 2. The number of nitrogens with two attached hydrogens (primary N) is 1. The standard InChI is InChI=1S/C14H31N3/c1-5-17-9-6-7-14(12-15,8-10-17)16(4)11-13(2)3/h13H,5-12,15H2,1-4H3. The molecule has 0 radical (unpaired) electrons. The molecule has 1 aliphatic rings. The molecule has 0 aliphatic carbocycles. The second-order valence-electron chi connectivity index (χ2n) is 5.99. The Labute approximate surface area is 107 Å². The molecule has 0 amide bonds. The topological polar surface area (TPSA) is 32.5 Å². The van der Waals surface area contributed by atoms with E-state index in [4.69, 9.17) is 5.73 Å². The van der Waals surface area contributed by atoms with Crippen LogP contribution in [0.3, 0.4) is 0 Å². The first-order valence-electron chi connectivity index (χ1n) is 7.17. The van der Waals surface area contributed by atoms with Crippen LogP contribution in [0.1, 0.15) is 40.0 Å². The molecule has 1 fully saturated rings. The van der Waals surface area contributed by atoms with E-state index in [1.165, 1.54) is 38.9 Å². The highest BCUT2D eigenvalue weighted by atomic mass is 15.2. The summed E-state index contributed by atoms with van der Waals surface area (Å²) in [5.41, 5.74) is 6.36. The van der Waals surface area contributed by atoms with Gasteiger partial charge < -0.3 is 10.6 Å². The van der Waals surface area contributed by atoms with E-state index < -0.39 is 0 Å². The average molecular weight is 241 g/mol. The van der Waals surface area contributed by atoms with Gasteiger partial charge in [0.05, 0.1) is 0 Å². The van der Waals surface area contributed by atoms with Gasteiger partial charge in [-0.1, -0.05) is 20.8 Å². The third-order valence-electron chi connectivity index (χ3n) is 4.29. The molecule has 0 spiro atoms. The minimum Gasteiger partial charge on any atom is -0.329 e. The van der Waals surface area contributed by atoms with Crippen molar-refractivity contribution in [3.05, 3.63) is 0 Å². The first-order chi connectivity index (χ1) is 8.04. The largest absolute Gasteiger partial charge is 0.329 e. The fourth-order valence-corrected chi connectivity index (χ4v) is 3.03. The van der Waals surface area contributed by atoms with Crippen molar-refractivity contribution < 1.29 is 0 Å². The highest BCUT2D eigenvalue weighted by Gasteiger charge is 2.34. The molecule has 3 heteroatoms. The molecule has 0 bridgehead atoms. The molecule has 1 aliphatic heterocycles. The Hall–Kier alpha value is -0.120. The van der Waals surface area contributed by atoms with Crippen LogP contribution in [-0.4, -0.2) is 55.1 Å². The van der Waals surface area contributed by atoms with Crippen LogP contribution >= 0.6 is 0 Å². The van der Waals surface area contributed by atoms with E-state index in [9.17, 15) is 0 Å². The Morgan fingerprint density at radius 1 is 1.29 bits per heavy atom. The molecule has 1 saturated heterocycles. The highest BCUT2D eigenvalue weighted by Crippen LogP contribution is 2.27. The molecule has 1 heterocycles. The van der Waals surface area contributed by atoms with Gasteiger partial charge >= 0.3 is 0 Å². The summed E-state index contributed by atoms with van der Waals surface area (Å²) in [4.78, 5) is 5.08. The zero-order valence-corrected chi connectivity index (χ0v) is 12.2. The smallest absolute Gasteiger partial charge is 0.0341 e. The molecule has 3 nitrogen and oxygen atoms in total. The summed E-state index contributed by atoms with van der Waals surface area (Å²) in [6.07, 6.45) is 3.76. The maximum Gasteiger partial charge on any atom is 0.0341 e. The lowest BCUT2D eigenvalue weighted by Gasteiger charge is -2.41. The highest BCUT2D eigenvalue weighted by molar-refractivity contribution is 4.93. The van der Waals surface area contributed by atoms with Gasteiger partial charge in [0, 0.05) is 18.6 Å². The second-order valence-corrected chi connectivity index (χ2v) is 5.99. The van der Waals surface area contributed by atoms with E-state index in [0.717, 1.165) is 13.1 Å².